The summed E-state index contributed by atoms with van der Waals surface area (Å²) >= 11 is 0. The van der Waals surface area contributed by atoms with E-state index in [1.165, 1.54) is 11.3 Å². The zero-order chi connectivity index (χ0) is 35.5. The van der Waals surface area contributed by atoms with E-state index in [2.05, 4.69) is 42.7 Å². The van der Waals surface area contributed by atoms with Crippen molar-refractivity contribution in [3.8, 4) is 18.9 Å². The molecule has 9 heteroatoms. The van der Waals surface area contributed by atoms with E-state index >= 15 is 0 Å². The Labute approximate surface area is 303 Å². The smallest absolute Gasteiger partial charge is 0.250 e. The maximum Gasteiger partial charge on any atom is 0.250 e. The number of aliphatic hydroxyl groups is 1. The molecule has 1 aliphatic carbocycles. The van der Waals surface area contributed by atoms with E-state index in [0.29, 0.717) is 43.6 Å². The van der Waals surface area contributed by atoms with Crippen LogP contribution in [-0.4, -0.2) is 46.9 Å². The molecule has 2 rings (SSSR count). The predicted molar refractivity (Wildman–Crippen MR) is 188 cm³/mol. The third-order valence-electron chi connectivity index (χ3n) is 6.50. The van der Waals surface area contributed by atoms with Gasteiger partial charge in [-0.05, 0) is 95.2 Å². The van der Waals surface area contributed by atoms with E-state index in [9.17, 15) is 18.7 Å². The van der Waals surface area contributed by atoms with Crippen molar-refractivity contribution in [1.82, 2.24) is 4.90 Å². The molecular formula is C37H59F2N4O2U-. The molecule has 0 heterocycles. The molecule has 1 amide bonds. The number of nitriles is 1. The van der Waals surface area contributed by atoms with Gasteiger partial charge in [0.2, 0.25) is 0 Å². The van der Waals surface area contributed by atoms with Crippen LogP contribution in [0.3, 0.4) is 0 Å². The molecule has 1 N–H and O–H groups in total. The Morgan fingerprint density at radius 2 is 1.83 bits per heavy atom. The topological polar surface area (TPSA) is 89.1 Å². The van der Waals surface area contributed by atoms with Crippen LogP contribution in [0.25, 0.3) is 0 Å². The number of terminal acetylenes is 1. The molecule has 1 fully saturated rings. The van der Waals surface area contributed by atoms with Crippen LogP contribution >= 0.6 is 0 Å². The molecule has 1 aliphatic rings. The second kappa shape index (κ2) is 30.1. The first-order valence-electron chi connectivity index (χ1n) is 16.1. The van der Waals surface area contributed by atoms with E-state index in [-0.39, 0.29) is 43.5 Å². The molecule has 46 heavy (non-hydrogen) atoms. The summed E-state index contributed by atoms with van der Waals surface area (Å²) in [6, 6.07) is 7.55. The van der Waals surface area contributed by atoms with Gasteiger partial charge < -0.3 is 19.8 Å². The van der Waals surface area contributed by atoms with Gasteiger partial charge >= 0.3 is 0 Å². The largest absolute Gasteiger partial charge is 0.462 e. The average Bonchev–Trinajstić information content (AvgIpc) is 3.01. The number of aryl methyl sites for hydroxylation is 1. The number of hydrogen-bond acceptors (Lipinski definition) is 5. The minimum absolute atomic E-state index is 0. The SMILES string of the molecule is C#C.C/C=C(\N=C/CC(C)(C)O)N([C-]=O)C[C@@H]1CCC(F)(F)[C@H](CCCC)C1.CC.CC=Nc1ccc(C#N)cc1C.CCC.[U]. The molecule has 1 aromatic rings. The molecule has 0 spiro atoms. The number of aliphatic imine (C=N–C) groups is 2. The summed E-state index contributed by atoms with van der Waals surface area (Å²) in [6.45, 7) is 19.5. The van der Waals surface area contributed by atoms with E-state index in [1.54, 1.807) is 45.3 Å². The molecule has 0 unspecified atom stereocenters. The van der Waals surface area contributed by atoms with Crippen molar-refractivity contribution in [2.45, 2.75) is 132 Å². The van der Waals surface area contributed by atoms with Crippen LogP contribution in [-0.2, 0) is 4.79 Å². The zero-order valence-electron chi connectivity index (χ0n) is 30.0. The molecule has 0 aliphatic heterocycles. The molecule has 1 saturated carbocycles. The van der Waals surface area contributed by atoms with Gasteiger partial charge in [-0.15, -0.1) is 18.9 Å². The van der Waals surface area contributed by atoms with Gasteiger partial charge in [-0.1, -0.05) is 60.8 Å². The van der Waals surface area contributed by atoms with Crippen molar-refractivity contribution < 1.29 is 49.8 Å². The molecule has 2 atom stereocenters. The molecule has 6 nitrogen and oxygen atoms in total. The standard InChI is InChI=1S/C20H33F2N2O2.C10H10N2.C3H8.C2H6.C2H2.U/c1-5-7-8-17-13-16(9-10-20(17,21)22)14-24(15-25)18(6-2)23-12-11-19(3,4)26;1-3-12-10-5-4-9(7-11)6-8(10)2;1-3-2;2*1-2;/h6,12,16-17,26H,5,7-11,13-14H2,1-4H3;3-6H,1-2H3;3H2,1-2H3;1-2H3;1-2H;/q-1;;;;;/b18-6+,23-12-;;;;;/t16-,17-;;;;;/m1...../s1. The second-order valence-electron chi connectivity index (χ2n) is 11.1. The van der Waals surface area contributed by atoms with Crippen molar-refractivity contribution in [3.63, 3.8) is 0 Å². The zero-order valence-corrected chi connectivity index (χ0v) is 34.2. The quantitative estimate of drug-likeness (QED) is 0.104. The second-order valence-corrected chi connectivity index (χ2v) is 11.1. The third kappa shape index (κ3) is 23.1. The fraction of sp³-hybridized carbons (Fsp3) is 0.622. The molecule has 258 valence electrons. The molecule has 0 aromatic heterocycles. The van der Waals surface area contributed by atoms with Crippen LogP contribution in [0.5, 0.6) is 0 Å². The van der Waals surface area contributed by atoms with E-state index < -0.39 is 17.4 Å². The number of benzene rings is 1. The van der Waals surface area contributed by atoms with E-state index in [1.807, 2.05) is 53.2 Å². The maximum atomic E-state index is 14.1. The normalized spacial score (nSPS) is 16.8. The molecule has 1 aromatic carbocycles. The third-order valence-corrected chi connectivity index (χ3v) is 6.50. The van der Waals surface area contributed by atoms with Crippen molar-refractivity contribution >= 4 is 24.5 Å². The number of hydrogen-bond donors (Lipinski definition) is 1. The fourth-order valence-corrected chi connectivity index (χ4v) is 4.35. The van der Waals surface area contributed by atoms with E-state index in [0.717, 1.165) is 24.1 Å². The van der Waals surface area contributed by atoms with Gasteiger partial charge in [-0.25, -0.2) is 8.78 Å². The van der Waals surface area contributed by atoms with Crippen molar-refractivity contribution in [2.24, 2.45) is 21.8 Å². The number of halogens is 2. The summed E-state index contributed by atoms with van der Waals surface area (Å²) in [4.78, 5) is 21.2. The van der Waals surface area contributed by atoms with E-state index in [4.69, 9.17) is 5.26 Å². The van der Waals surface area contributed by atoms with Crippen molar-refractivity contribution in [1.29, 1.82) is 5.26 Å². The molecule has 0 saturated heterocycles. The number of carbonyl (C=O) groups excluding carboxylic acids is 1. The summed E-state index contributed by atoms with van der Waals surface area (Å²) in [5.74, 6) is -2.75. The Bertz CT molecular complexity index is 1070. The number of unbranched alkanes of at least 4 members (excludes halogenated alkanes) is 1. The van der Waals surface area contributed by atoms with Crippen molar-refractivity contribution in [2.75, 3.05) is 6.54 Å². The number of alkyl halides is 2. The Morgan fingerprint density at radius 1 is 1.24 bits per heavy atom. The predicted octanol–water partition coefficient (Wildman–Crippen LogP) is 9.97. The van der Waals surface area contributed by atoms with Gasteiger partial charge in [0.1, 0.15) is 0 Å². The number of amides is 1. The molecule has 0 bridgehead atoms. The van der Waals surface area contributed by atoms with Gasteiger partial charge in [-0.2, -0.15) is 5.26 Å². The molecular weight excluding hydrogens is 808 g/mol. The van der Waals surface area contributed by atoms with Crippen LogP contribution in [0, 0.1) is 74.1 Å². The monoisotopic (exact) mass is 868 g/mol. The summed E-state index contributed by atoms with van der Waals surface area (Å²) in [5.41, 5.74) is 1.77. The Hall–Kier alpha value is -2.31. The van der Waals surface area contributed by atoms with Gasteiger partial charge in [0.05, 0.1) is 29.3 Å². The summed E-state index contributed by atoms with van der Waals surface area (Å²) in [6.07, 6.45) is 19.4. The fourth-order valence-electron chi connectivity index (χ4n) is 4.35. The Balaban J connectivity index is -0.000000366. The van der Waals surface area contributed by atoms with Crippen LogP contribution in [0.4, 0.5) is 14.5 Å². The Kier molecular flexibility index (Phi) is 33.0. The van der Waals surface area contributed by atoms with Gasteiger partial charge in [0, 0.05) is 56.1 Å². The average molecular weight is 868 g/mol. The minimum Gasteiger partial charge on any atom is -0.462 e. The van der Waals surface area contributed by atoms with Crippen LogP contribution in [0.15, 0.2) is 40.1 Å². The molecule has 0 radical (unpaired) electrons. The van der Waals surface area contributed by atoms with Crippen molar-refractivity contribution in [3.05, 3.63) is 41.2 Å². The maximum absolute atomic E-state index is 14.1. The van der Waals surface area contributed by atoms with Crippen LogP contribution < -0.4 is 0 Å². The Morgan fingerprint density at radius 3 is 2.26 bits per heavy atom. The van der Waals surface area contributed by atoms with Crippen LogP contribution in [0.1, 0.15) is 125 Å². The first-order valence-corrected chi connectivity index (χ1v) is 16.1. The van der Waals surface area contributed by atoms with Crippen LogP contribution in [0.2, 0.25) is 0 Å². The van der Waals surface area contributed by atoms with Gasteiger partial charge in [0.15, 0.2) is 0 Å². The first kappa shape index (κ1) is 50.5. The van der Waals surface area contributed by atoms with Gasteiger partial charge in [0.25, 0.3) is 5.92 Å². The number of rotatable bonds is 11. The number of allylic oxidation sites excluding steroid dienone is 1. The minimum atomic E-state index is -2.60. The first-order chi connectivity index (χ1) is 21.3. The van der Waals surface area contributed by atoms with Gasteiger partial charge in [-0.3, -0.25) is 4.99 Å². The summed E-state index contributed by atoms with van der Waals surface area (Å²) in [5, 5.41) is 18.3. The summed E-state index contributed by atoms with van der Waals surface area (Å²) < 4.78 is 28.3. The summed E-state index contributed by atoms with van der Waals surface area (Å²) in [7, 11) is 0. The number of nitrogens with zero attached hydrogens (tertiary/aromatic N) is 4.